The molecule has 0 aliphatic heterocycles. The molecule has 19 heavy (non-hydrogen) atoms. The van der Waals surface area contributed by atoms with Crippen LogP contribution in [0.25, 0.3) is 11.1 Å². The number of halogens is 1. The summed E-state index contributed by atoms with van der Waals surface area (Å²) >= 11 is 0. The molecule has 1 aromatic carbocycles. The number of hydrogen-bond acceptors (Lipinski definition) is 3. The maximum atomic E-state index is 13.5. The molecule has 0 spiro atoms. The Balaban J connectivity index is 2.02. The Morgan fingerprint density at radius 3 is 2.74 bits per heavy atom. The monoisotopic (exact) mass is 261 g/mol. The molecule has 1 aliphatic rings. The number of nitrogens with zero attached hydrogens (tertiary/aromatic N) is 2. The zero-order valence-electron chi connectivity index (χ0n) is 10.8. The molecule has 0 radical (unpaired) electrons. The van der Waals surface area contributed by atoms with Crippen molar-refractivity contribution in [3.05, 3.63) is 30.2 Å². The molecule has 3 rings (SSSR count). The molecule has 100 valence electrons. The van der Waals surface area contributed by atoms with Crippen LogP contribution >= 0.6 is 0 Å². The van der Waals surface area contributed by atoms with E-state index in [1.165, 1.54) is 18.6 Å². The number of aromatic nitrogens is 2. The van der Waals surface area contributed by atoms with Crippen molar-refractivity contribution in [2.75, 3.05) is 5.73 Å². The van der Waals surface area contributed by atoms with Gasteiger partial charge in [0, 0.05) is 18.2 Å². The van der Waals surface area contributed by atoms with E-state index in [4.69, 9.17) is 10.5 Å². The van der Waals surface area contributed by atoms with Crippen LogP contribution in [0.15, 0.2) is 24.4 Å². The van der Waals surface area contributed by atoms with Gasteiger partial charge in [-0.2, -0.15) is 5.10 Å². The fraction of sp³-hybridized carbons (Fsp3) is 0.357. The zero-order valence-corrected chi connectivity index (χ0v) is 10.8. The van der Waals surface area contributed by atoms with Crippen LogP contribution in [-0.4, -0.2) is 15.9 Å². The summed E-state index contributed by atoms with van der Waals surface area (Å²) in [6.45, 7) is 0. The van der Waals surface area contributed by atoms with Crippen LogP contribution in [0.1, 0.15) is 19.3 Å². The van der Waals surface area contributed by atoms with Crippen LogP contribution in [-0.2, 0) is 7.05 Å². The molecule has 1 aliphatic carbocycles. The van der Waals surface area contributed by atoms with Gasteiger partial charge < -0.3 is 10.5 Å². The van der Waals surface area contributed by atoms with Crippen LogP contribution in [0.4, 0.5) is 10.2 Å². The van der Waals surface area contributed by atoms with Crippen molar-refractivity contribution in [2.45, 2.75) is 25.4 Å². The quantitative estimate of drug-likeness (QED) is 0.924. The Labute approximate surface area is 111 Å². The molecule has 1 fully saturated rings. The van der Waals surface area contributed by atoms with Gasteiger partial charge in [-0.1, -0.05) is 0 Å². The van der Waals surface area contributed by atoms with Crippen LogP contribution in [0.5, 0.6) is 5.75 Å². The zero-order chi connectivity index (χ0) is 13.4. The molecule has 0 amide bonds. The van der Waals surface area contributed by atoms with Gasteiger partial charge in [0.15, 0.2) is 0 Å². The molecule has 2 aromatic rings. The lowest BCUT2D eigenvalue weighted by molar-refractivity contribution is 0.121. The van der Waals surface area contributed by atoms with Crippen molar-refractivity contribution in [1.29, 1.82) is 0 Å². The average Bonchev–Trinajstić information content (AvgIpc) is 2.66. The topological polar surface area (TPSA) is 53.1 Å². The normalized spacial score (nSPS) is 15.3. The van der Waals surface area contributed by atoms with Crippen molar-refractivity contribution in [3.8, 4) is 16.9 Å². The van der Waals surface area contributed by atoms with Crippen molar-refractivity contribution in [1.82, 2.24) is 9.78 Å². The van der Waals surface area contributed by atoms with Crippen molar-refractivity contribution in [3.63, 3.8) is 0 Å². The van der Waals surface area contributed by atoms with E-state index >= 15 is 0 Å². The number of rotatable bonds is 3. The second-order valence-corrected chi connectivity index (χ2v) is 4.88. The summed E-state index contributed by atoms with van der Waals surface area (Å²) in [6, 6.07) is 4.51. The van der Waals surface area contributed by atoms with E-state index in [0.29, 0.717) is 22.7 Å². The van der Waals surface area contributed by atoms with Gasteiger partial charge in [0.25, 0.3) is 0 Å². The fourth-order valence-electron chi connectivity index (χ4n) is 2.14. The van der Waals surface area contributed by atoms with E-state index < -0.39 is 0 Å². The standard InChI is InChI=1S/C14H16FN3O/c1-18-14(16)12(8-17-18)11-7-9(15)5-6-13(11)19-10-3-2-4-10/h5-8,10H,2-4,16H2,1H3. The van der Waals surface area contributed by atoms with E-state index in [-0.39, 0.29) is 11.9 Å². The summed E-state index contributed by atoms with van der Waals surface area (Å²) in [7, 11) is 1.75. The minimum atomic E-state index is -0.306. The fourth-order valence-corrected chi connectivity index (χ4v) is 2.14. The number of aryl methyl sites for hydroxylation is 1. The van der Waals surface area contributed by atoms with Crippen molar-refractivity contribution >= 4 is 5.82 Å². The lowest BCUT2D eigenvalue weighted by Gasteiger charge is -2.27. The highest BCUT2D eigenvalue weighted by atomic mass is 19.1. The lowest BCUT2D eigenvalue weighted by atomic mass is 9.96. The smallest absolute Gasteiger partial charge is 0.129 e. The number of hydrogen-bond donors (Lipinski definition) is 1. The summed E-state index contributed by atoms with van der Waals surface area (Å²) in [5.41, 5.74) is 7.32. The minimum Gasteiger partial charge on any atom is -0.490 e. The third-order valence-electron chi connectivity index (χ3n) is 3.56. The molecular weight excluding hydrogens is 245 g/mol. The highest BCUT2D eigenvalue weighted by molar-refractivity contribution is 5.78. The second-order valence-electron chi connectivity index (χ2n) is 4.88. The van der Waals surface area contributed by atoms with Crippen LogP contribution < -0.4 is 10.5 Å². The number of benzene rings is 1. The van der Waals surface area contributed by atoms with Gasteiger partial charge in [0.1, 0.15) is 17.4 Å². The number of nitrogens with two attached hydrogens (primary N) is 1. The van der Waals surface area contributed by atoms with Gasteiger partial charge in [0.05, 0.1) is 12.3 Å². The second kappa shape index (κ2) is 4.57. The van der Waals surface area contributed by atoms with Crippen LogP contribution in [0.2, 0.25) is 0 Å². The summed E-state index contributed by atoms with van der Waals surface area (Å²) in [4.78, 5) is 0. The van der Waals surface area contributed by atoms with E-state index in [2.05, 4.69) is 5.10 Å². The first-order valence-corrected chi connectivity index (χ1v) is 6.39. The summed E-state index contributed by atoms with van der Waals surface area (Å²) in [5.74, 6) is 0.870. The van der Waals surface area contributed by atoms with Crippen LogP contribution in [0.3, 0.4) is 0 Å². The summed E-state index contributed by atoms with van der Waals surface area (Å²) in [5, 5.41) is 4.09. The van der Waals surface area contributed by atoms with E-state index in [9.17, 15) is 4.39 Å². The van der Waals surface area contributed by atoms with Gasteiger partial charge in [-0.25, -0.2) is 4.39 Å². The Bertz CT molecular complexity index is 605. The van der Waals surface area contributed by atoms with Crippen molar-refractivity contribution < 1.29 is 9.13 Å². The van der Waals surface area contributed by atoms with Gasteiger partial charge in [0.2, 0.25) is 0 Å². The molecule has 0 unspecified atom stereocenters. The van der Waals surface area contributed by atoms with Crippen LogP contribution in [0, 0.1) is 5.82 Å². The first kappa shape index (κ1) is 12.0. The predicted octanol–water partition coefficient (Wildman–Crippen LogP) is 2.74. The van der Waals surface area contributed by atoms with E-state index in [1.54, 1.807) is 24.0 Å². The number of anilines is 1. The Hall–Kier alpha value is -2.04. The predicted molar refractivity (Wildman–Crippen MR) is 71.3 cm³/mol. The molecule has 5 heteroatoms. The third-order valence-corrected chi connectivity index (χ3v) is 3.56. The molecule has 0 atom stereocenters. The molecular formula is C14H16FN3O. The summed E-state index contributed by atoms with van der Waals surface area (Å²) < 4.78 is 20.9. The molecule has 0 saturated heterocycles. The minimum absolute atomic E-state index is 0.238. The number of ether oxygens (including phenoxy) is 1. The van der Waals surface area contributed by atoms with E-state index in [1.807, 2.05) is 0 Å². The van der Waals surface area contributed by atoms with Gasteiger partial charge in [-0.3, -0.25) is 4.68 Å². The maximum absolute atomic E-state index is 13.5. The number of nitrogen functional groups attached to an aromatic ring is 1. The SMILES string of the molecule is Cn1ncc(-c2cc(F)ccc2OC2CCC2)c1N. The molecule has 4 nitrogen and oxygen atoms in total. The van der Waals surface area contributed by atoms with Crippen molar-refractivity contribution in [2.24, 2.45) is 7.05 Å². The first-order chi connectivity index (χ1) is 9.15. The Kier molecular flexibility index (Phi) is 2.89. The largest absolute Gasteiger partial charge is 0.490 e. The lowest BCUT2D eigenvalue weighted by Crippen LogP contribution is -2.24. The highest BCUT2D eigenvalue weighted by Gasteiger charge is 2.22. The van der Waals surface area contributed by atoms with E-state index in [0.717, 1.165) is 12.8 Å². The summed E-state index contributed by atoms with van der Waals surface area (Å²) in [6.07, 6.45) is 5.18. The van der Waals surface area contributed by atoms with Gasteiger partial charge in [-0.15, -0.1) is 0 Å². The maximum Gasteiger partial charge on any atom is 0.129 e. The Morgan fingerprint density at radius 2 is 2.16 bits per heavy atom. The van der Waals surface area contributed by atoms with Gasteiger partial charge >= 0.3 is 0 Å². The highest BCUT2D eigenvalue weighted by Crippen LogP contribution is 2.36. The molecule has 0 bridgehead atoms. The molecule has 1 aromatic heterocycles. The average molecular weight is 261 g/mol. The third kappa shape index (κ3) is 2.16. The first-order valence-electron chi connectivity index (χ1n) is 6.39. The Morgan fingerprint density at radius 1 is 1.37 bits per heavy atom. The molecule has 1 saturated carbocycles. The van der Waals surface area contributed by atoms with Gasteiger partial charge in [-0.05, 0) is 37.5 Å². The molecule has 1 heterocycles. The molecule has 2 N–H and O–H groups in total.